The van der Waals surface area contributed by atoms with Crippen LogP contribution in [-0.4, -0.2) is 41.5 Å². The zero-order valence-corrected chi connectivity index (χ0v) is 18.2. The number of likely N-dealkylation sites (tertiary alicyclic amines) is 1. The zero-order valence-electron chi connectivity index (χ0n) is 17.4. The van der Waals surface area contributed by atoms with Crippen LogP contribution in [-0.2, 0) is 22.4 Å². The second-order valence-corrected chi connectivity index (χ2v) is 9.18. The Bertz CT molecular complexity index is 999. The number of rotatable bonds is 6. The molecule has 0 aromatic heterocycles. The average molecular weight is 438 g/mol. The van der Waals surface area contributed by atoms with Gasteiger partial charge in [-0.05, 0) is 67.5 Å². The van der Waals surface area contributed by atoms with Gasteiger partial charge in [-0.3, -0.25) is 14.4 Å². The first-order chi connectivity index (χ1) is 15.0. The van der Waals surface area contributed by atoms with Crippen molar-refractivity contribution in [3.05, 3.63) is 59.2 Å². The Balaban J connectivity index is 1.36. The van der Waals surface area contributed by atoms with Crippen LogP contribution in [0.3, 0.4) is 0 Å². The van der Waals surface area contributed by atoms with Crippen molar-refractivity contribution < 1.29 is 14.4 Å². The maximum atomic E-state index is 13.0. The van der Waals surface area contributed by atoms with E-state index in [9.17, 15) is 14.4 Å². The number of nitrogens with two attached hydrogens (primary N) is 1. The molecule has 1 heterocycles. The SMILES string of the molecule is NC(=O)C1CCN(C(=O)c2ccccc2NC(=O)CSc2ccc3c(c2)CCC3)CC1. The summed E-state index contributed by atoms with van der Waals surface area (Å²) >= 11 is 1.51. The predicted molar refractivity (Wildman–Crippen MR) is 122 cm³/mol. The number of thioether (sulfide) groups is 1. The lowest BCUT2D eigenvalue weighted by atomic mass is 9.95. The number of anilines is 1. The summed E-state index contributed by atoms with van der Waals surface area (Å²) in [6.45, 7) is 0.978. The minimum atomic E-state index is -0.305. The first-order valence-corrected chi connectivity index (χ1v) is 11.7. The van der Waals surface area contributed by atoms with E-state index in [1.165, 1.54) is 29.3 Å². The van der Waals surface area contributed by atoms with Crippen LogP contribution < -0.4 is 11.1 Å². The zero-order chi connectivity index (χ0) is 21.8. The topological polar surface area (TPSA) is 92.5 Å². The van der Waals surface area contributed by atoms with Crippen LogP contribution in [0.15, 0.2) is 47.4 Å². The third-order valence-electron chi connectivity index (χ3n) is 6.06. The van der Waals surface area contributed by atoms with E-state index in [0.717, 1.165) is 17.7 Å². The van der Waals surface area contributed by atoms with Crippen molar-refractivity contribution >= 4 is 35.2 Å². The van der Waals surface area contributed by atoms with Crippen molar-refractivity contribution in [1.29, 1.82) is 0 Å². The number of aryl methyl sites for hydroxylation is 2. The molecule has 0 spiro atoms. The van der Waals surface area contributed by atoms with Crippen LogP contribution in [0, 0.1) is 5.92 Å². The molecule has 31 heavy (non-hydrogen) atoms. The van der Waals surface area contributed by atoms with Gasteiger partial charge in [0.1, 0.15) is 0 Å². The van der Waals surface area contributed by atoms with Crippen molar-refractivity contribution in [2.24, 2.45) is 11.7 Å². The number of primary amides is 1. The molecule has 0 atom stereocenters. The molecular weight excluding hydrogens is 410 g/mol. The molecular formula is C24H27N3O3S. The summed E-state index contributed by atoms with van der Waals surface area (Å²) in [4.78, 5) is 39.8. The number of piperidine rings is 1. The largest absolute Gasteiger partial charge is 0.369 e. The molecule has 2 aromatic carbocycles. The van der Waals surface area contributed by atoms with Gasteiger partial charge in [0.25, 0.3) is 5.91 Å². The van der Waals surface area contributed by atoms with Crippen molar-refractivity contribution in [2.45, 2.75) is 37.0 Å². The van der Waals surface area contributed by atoms with Gasteiger partial charge in [-0.15, -0.1) is 11.8 Å². The lowest BCUT2D eigenvalue weighted by Crippen LogP contribution is -2.42. The molecule has 1 fully saturated rings. The number of carbonyl (C=O) groups excluding carboxylic acids is 3. The fourth-order valence-corrected chi connectivity index (χ4v) is 5.05. The Kier molecular flexibility index (Phi) is 6.61. The highest BCUT2D eigenvalue weighted by Gasteiger charge is 2.27. The van der Waals surface area contributed by atoms with Crippen LogP contribution in [0.25, 0.3) is 0 Å². The normalized spacial score (nSPS) is 16.1. The maximum absolute atomic E-state index is 13.0. The van der Waals surface area contributed by atoms with E-state index in [2.05, 4.69) is 23.5 Å². The highest BCUT2D eigenvalue weighted by molar-refractivity contribution is 8.00. The molecule has 7 heteroatoms. The molecule has 1 aliphatic heterocycles. The van der Waals surface area contributed by atoms with E-state index in [-0.39, 0.29) is 29.4 Å². The lowest BCUT2D eigenvalue weighted by Gasteiger charge is -2.31. The molecule has 0 radical (unpaired) electrons. The maximum Gasteiger partial charge on any atom is 0.255 e. The lowest BCUT2D eigenvalue weighted by molar-refractivity contribution is -0.123. The number of nitrogens with one attached hydrogen (secondary N) is 1. The van der Waals surface area contributed by atoms with E-state index in [1.807, 2.05) is 0 Å². The number of nitrogens with zero attached hydrogens (tertiary/aromatic N) is 1. The van der Waals surface area contributed by atoms with Crippen LogP contribution in [0.4, 0.5) is 5.69 Å². The second-order valence-electron chi connectivity index (χ2n) is 8.14. The van der Waals surface area contributed by atoms with Gasteiger partial charge in [-0.1, -0.05) is 18.2 Å². The third-order valence-corrected chi connectivity index (χ3v) is 7.05. The van der Waals surface area contributed by atoms with Crippen LogP contribution in [0.1, 0.15) is 40.7 Å². The molecule has 3 amide bonds. The van der Waals surface area contributed by atoms with Gasteiger partial charge >= 0.3 is 0 Å². The molecule has 1 saturated heterocycles. The number of hydrogen-bond donors (Lipinski definition) is 2. The molecule has 3 N–H and O–H groups in total. The Labute approximate surface area is 186 Å². The summed E-state index contributed by atoms with van der Waals surface area (Å²) in [7, 11) is 0. The number of hydrogen-bond acceptors (Lipinski definition) is 4. The van der Waals surface area contributed by atoms with Crippen molar-refractivity contribution in [1.82, 2.24) is 4.90 Å². The first-order valence-electron chi connectivity index (χ1n) is 10.7. The third kappa shape index (κ3) is 5.10. The summed E-state index contributed by atoms with van der Waals surface area (Å²) in [5, 5.41) is 2.90. The molecule has 6 nitrogen and oxygen atoms in total. The van der Waals surface area contributed by atoms with Crippen LogP contribution in [0.5, 0.6) is 0 Å². The van der Waals surface area contributed by atoms with Gasteiger partial charge in [-0.25, -0.2) is 0 Å². The van der Waals surface area contributed by atoms with Gasteiger partial charge in [0.05, 0.1) is 17.0 Å². The Morgan fingerprint density at radius 3 is 2.55 bits per heavy atom. The van der Waals surface area contributed by atoms with Crippen molar-refractivity contribution in [3.8, 4) is 0 Å². The van der Waals surface area contributed by atoms with E-state index in [1.54, 1.807) is 29.2 Å². The summed E-state index contributed by atoms with van der Waals surface area (Å²) < 4.78 is 0. The monoisotopic (exact) mass is 437 g/mol. The van der Waals surface area contributed by atoms with Crippen LogP contribution in [0.2, 0.25) is 0 Å². The molecule has 162 valence electrons. The fraction of sp³-hybridized carbons (Fsp3) is 0.375. The second kappa shape index (κ2) is 9.56. The summed E-state index contributed by atoms with van der Waals surface area (Å²) in [6.07, 6.45) is 4.61. The van der Waals surface area contributed by atoms with Gasteiger partial charge in [-0.2, -0.15) is 0 Å². The predicted octanol–water partition coefficient (Wildman–Crippen LogP) is 3.24. The first kappa shape index (κ1) is 21.4. The summed E-state index contributed by atoms with van der Waals surface area (Å²) in [5.41, 5.74) is 9.18. The van der Waals surface area contributed by atoms with Crippen molar-refractivity contribution in [3.63, 3.8) is 0 Å². The number of amides is 3. The van der Waals surface area contributed by atoms with Gasteiger partial charge in [0, 0.05) is 23.9 Å². The fourth-order valence-electron chi connectivity index (χ4n) is 4.29. The molecule has 2 aliphatic rings. The minimum absolute atomic E-state index is 0.134. The molecule has 0 bridgehead atoms. The molecule has 4 rings (SSSR count). The Morgan fingerprint density at radius 1 is 1.03 bits per heavy atom. The standard InChI is InChI=1S/C24H27N3O3S/c25-23(29)17-10-12-27(13-11-17)24(30)20-6-1-2-7-21(20)26-22(28)15-31-19-9-8-16-4-3-5-18(16)14-19/h1-2,6-9,14,17H,3-5,10-13,15H2,(H2,25,29)(H,26,28). The van der Waals surface area contributed by atoms with Gasteiger partial charge in [0.15, 0.2) is 0 Å². The minimum Gasteiger partial charge on any atom is -0.369 e. The van der Waals surface area contributed by atoms with Crippen LogP contribution >= 0.6 is 11.8 Å². The molecule has 0 saturated carbocycles. The number of benzene rings is 2. The number of para-hydroxylation sites is 1. The molecule has 0 unspecified atom stereocenters. The van der Waals surface area contributed by atoms with E-state index < -0.39 is 0 Å². The smallest absolute Gasteiger partial charge is 0.255 e. The van der Waals surface area contributed by atoms with Gasteiger partial charge in [0.2, 0.25) is 11.8 Å². The quantitative estimate of drug-likeness (QED) is 0.679. The summed E-state index contributed by atoms with van der Waals surface area (Å²) in [6, 6.07) is 13.5. The average Bonchev–Trinajstić information content (AvgIpc) is 3.25. The van der Waals surface area contributed by atoms with E-state index in [0.29, 0.717) is 37.2 Å². The molecule has 1 aliphatic carbocycles. The number of fused-ring (bicyclic) bond motifs is 1. The Morgan fingerprint density at radius 2 is 1.77 bits per heavy atom. The molecule has 2 aromatic rings. The van der Waals surface area contributed by atoms with E-state index in [4.69, 9.17) is 5.73 Å². The summed E-state index contributed by atoms with van der Waals surface area (Å²) in [5.74, 6) is -0.468. The number of carbonyl (C=O) groups is 3. The van der Waals surface area contributed by atoms with E-state index >= 15 is 0 Å². The highest BCUT2D eigenvalue weighted by atomic mass is 32.2. The van der Waals surface area contributed by atoms with Gasteiger partial charge < -0.3 is 16.0 Å². The highest BCUT2D eigenvalue weighted by Crippen LogP contribution is 2.28. The Hall–Kier alpha value is -2.80. The van der Waals surface area contributed by atoms with Crippen molar-refractivity contribution in [2.75, 3.05) is 24.2 Å².